The maximum atomic E-state index is 5.99. The van der Waals surface area contributed by atoms with Crippen molar-refractivity contribution < 1.29 is 0 Å². The van der Waals surface area contributed by atoms with Crippen molar-refractivity contribution in [3.05, 3.63) is 28.0 Å². The molecule has 0 saturated heterocycles. The van der Waals surface area contributed by atoms with Gasteiger partial charge in [0.1, 0.15) is 11.3 Å². The first-order valence-electron chi connectivity index (χ1n) is 4.11. The Morgan fingerprint density at radius 2 is 1.93 bits per heavy atom. The standard InChI is InChI=1S/C9H6Cl4N2/c1-9(12,13)8-14-5-3-2-4(10)6(11)7(5)15-8/h2-3H,1H3,(H,14,15). The number of aromatic amines is 1. The summed E-state index contributed by atoms with van der Waals surface area (Å²) >= 11 is 23.7. The Balaban J connectivity index is 2.72. The highest BCUT2D eigenvalue weighted by molar-refractivity contribution is 6.47. The predicted octanol–water partition coefficient (Wildman–Crippen LogP) is 4.52. The average molecular weight is 284 g/mol. The van der Waals surface area contributed by atoms with Crippen molar-refractivity contribution in [1.29, 1.82) is 0 Å². The van der Waals surface area contributed by atoms with Crippen LogP contribution < -0.4 is 0 Å². The van der Waals surface area contributed by atoms with E-state index in [1.165, 1.54) is 0 Å². The lowest BCUT2D eigenvalue weighted by Crippen LogP contribution is -2.05. The number of benzene rings is 1. The summed E-state index contributed by atoms with van der Waals surface area (Å²) in [7, 11) is 0. The van der Waals surface area contributed by atoms with Crippen LogP contribution >= 0.6 is 46.4 Å². The Labute approximate surface area is 106 Å². The number of nitrogens with one attached hydrogen (secondary N) is 1. The van der Waals surface area contributed by atoms with Crippen molar-refractivity contribution in [1.82, 2.24) is 9.97 Å². The van der Waals surface area contributed by atoms with Gasteiger partial charge in [0.05, 0.1) is 15.6 Å². The third-order valence-electron chi connectivity index (χ3n) is 1.96. The van der Waals surface area contributed by atoms with Crippen molar-refractivity contribution in [2.24, 2.45) is 0 Å². The number of hydrogen-bond acceptors (Lipinski definition) is 1. The Morgan fingerprint density at radius 1 is 1.27 bits per heavy atom. The van der Waals surface area contributed by atoms with Gasteiger partial charge in [0.2, 0.25) is 0 Å². The molecule has 1 aromatic heterocycles. The molecule has 2 nitrogen and oxygen atoms in total. The number of halogens is 4. The molecule has 0 bridgehead atoms. The van der Waals surface area contributed by atoms with Crippen LogP contribution in [0.1, 0.15) is 12.7 Å². The topological polar surface area (TPSA) is 28.7 Å². The van der Waals surface area contributed by atoms with Crippen LogP contribution in [0.4, 0.5) is 0 Å². The molecule has 0 aliphatic rings. The molecule has 1 heterocycles. The van der Waals surface area contributed by atoms with Gasteiger partial charge in [-0.15, -0.1) is 0 Å². The minimum atomic E-state index is -1.07. The summed E-state index contributed by atoms with van der Waals surface area (Å²) in [5, 5.41) is 0.849. The van der Waals surface area contributed by atoms with Crippen molar-refractivity contribution in [3.8, 4) is 0 Å². The van der Waals surface area contributed by atoms with Crippen molar-refractivity contribution in [2.75, 3.05) is 0 Å². The first-order chi connectivity index (χ1) is 6.89. The van der Waals surface area contributed by atoms with Crippen LogP contribution in [-0.2, 0) is 4.33 Å². The van der Waals surface area contributed by atoms with Gasteiger partial charge in [-0.2, -0.15) is 0 Å². The molecule has 0 saturated carbocycles. The highest BCUT2D eigenvalue weighted by Gasteiger charge is 2.24. The highest BCUT2D eigenvalue weighted by atomic mass is 35.5. The Hall–Kier alpha value is -0.150. The Kier molecular flexibility index (Phi) is 2.80. The van der Waals surface area contributed by atoms with Crippen LogP contribution in [0, 0.1) is 0 Å². The van der Waals surface area contributed by atoms with Gasteiger partial charge in [0.25, 0.3) is 0 Å². The number of imidazole rings is 1. The number of hydrogen-bond donors (Lipinski definition) is 1. The van der Waals surface area contributed by atoms with Crippen LogP contribution in [0.5, 0.6) is 0 Å². The Bertz CT molecular complexity index is 513. The lowest BCUT2D eigenvalue weighted by Gasteiger charge is -2.07. The van der Waals surface area contributed by atoms with Crippen molar-refractivity contribution >= 4 is 57.4 Å². The highest BCUT2D eigenvalue weighted by Crippen LogP contribution is 2.35. The van der Waals surface area contributed by atoms with E-state index in [1.807, 2.05) is 0 Å². The SMILES string of the molecule is CC(Cl)(Cl)c1nc2c(Cl)c(Cl)ccc2[nH]1. The summed E-state index contributed by atoms with van der Waals surface area (Å²) < 4.78 is -1.07. The van der Waals surface area contributed by atoms with Crippen LogP contribution in [0.2, 0.25) is 10.0 Å². The summed E-state index contributed by atoms with van der Waals surface area (Å²) in [4.78, 5) is 7.19. The summed E-state index contributed by atoms with van der Waals surface area (Å²) in [5.41, 5.74) is 1.33. The van der Waals surface area contributed by atoms with E-state index in [-0.39, 0.29) is 0 Å². The maximum absolute atomic E-state index is 5.99. The van der Waals surface area contributed by atoms with Crippen LogP contribution in [0.3, 0.4) is 0 Å². The van der Waals surface area contributed by atoms with E-state index in [4.69, 9.17) is 46.4 Å². The van der Waals surface area contributed by atoms with Gasteiger partial charge in [-0.3, -0.25) is 0 Å². The number of rotatable bonds is 1. The molecule has 80 valence electrons. The Morgan fingerprint density at radius 3 is 2.53 bits per heavy atom. The van der Waals surface area contributed by atoms with Gasteiger partial charge in [0.15, 0.2) is 4.33 Å². The van der Waals surface area contributed by atoms with Gasteiger partial charge in [0, 0.05) is 0 Å². The fourth-order valence-corrected chi connectivity index (χ4v) is 1.76. The molecule has 6 heteroatoms. The van der Waals surface area contributed by atoms with Crippen LogP contribution in [0.25, 0.3) is 11.0 Å². The molecule has 0 atom stereocenters. The molecule has 0 unspecified atom stereocenters. The maximum Gasteiger partial charge on any atom is 0.172 e. The first-order valence-corrected chi connectivity index (χ1v) is 5.63. The smallest absolute Gasteiger partial charge is 0.172 e. The molecular weight excluding hydrogens is 278 g/mol. The zero-order valence-electron chi connectivity index (χ0n) is 7.61. The normalized spacial score (nSPS) is 12.3. The third-order valence-corrected chi connectivity index (χ3v) is 3.11. The summed E-state index contributed by atoms with van der Waals surface area (Å²) in [6.45, 7) is 1.63. The first kappa shape index (κ1) is 11.3. The van der Waals surface area contributed by atoms with Crippen LogP contribution in [0.15, 0.2) is 12.1 Å². The van der Waals surface area contributed by atoms with E-state index in [0.717, 1.165) is 5.52 Å². The molecule has 0 aliphatic heterocycles. The van der Waals surface area contributed by atoms with E-state index in [9.17, 15) is 0 Å². The van der Waals surface area contributed by atoms with Gasteiger partial charge in [-0.05, 0) is 19.1 Å². The minimum absolute atomic E-state index is 0.397. The second kappa shape index (κ2) is 3.70. The number of aromatic nitrogens is 2. The number of fused-ring (bicyclic) bond motifs is 1. The molecule has 0 aliphatic carbocycles. The zero-order chi connectivity index (χ0) is 11.2. The molecule has 0 fully saturated rings. The molecule has 2 rings (SSSR count). The third kappa shape index (κ3) is 2.04. The van der Waals surface area contributed by atoms with E-state index in [0.29, 0.717) is 21.4 Å². The van der Waals surface area contributed by atoms with Gasteiger partial charge in [-0.1, -0.05) is 46.4 Å². The molecule has 2 aromatic rings. The van der Waals surface area contributed by atoms with E-state index in [1.54, 1.807) is 19.1 Å². The van der Waals surface area contributed by atoms with E-state index >= 15 is 0 Å². The number of H-pyrrole nitrogens is 1. The van der Waals surface area contributed by atoms with Crippen molar-refractivity contribution in [2.45, 2.75) is 11.3 Å². The zero-order valence-corrected chi connectivity index (χ0v) is 10.6. The number of alkyl halides is 2. The largest absolute Gasteiger partial charge is 0.339 e. The molecule has 0 radical (unpaired) electrons. The molecular formula is C9H6Cl4N2. The monoisotopic (exact) mass is 282 g/mol. The second-order valence-corrected chi connectivity index (χ2v) is 5.72. The molecule has 1 N–H and O–H groups in total. The molecule has 15 heavy (non-hydrogen) atoms. The number of nitrogens with zero attached hydrogens (tertiary/aromatic N) is 1. The molecule has 1 aromatic carbocycles. The predicted molar refractivity (Wildman–Crippen MR) is 65.2 cm³/mol. The second-order valence-electron chi connectivity index (χ2n) is 3.23. The molecule has 0 spiro atoms. The lowest BCUT2D eigenvalue weighted by atomic mass is 10.3. The van der Waals surface area contributed by atoms with Crippen LogP contribution in [-0.4, -0.2) is 9.97 Å². The fourth-order valence-electron chi connectivity index (χ4n) is 1.23. The summed E-state index contributed by atoms with van der Waals surface area (Å²) in [6.07, 6.45) is 0. The lowest BCUT2D eigenvalue weighted by molar-refractivity contribution is 0.881. The van der Waals surface area contributed by atoms with Crippen molar-refractivity contribution in [3.63, 3.8) is 0 Å². The summed E-state index contributed by atoms with van der Waals surface area (Å²) in [6, 6.07) is 3.47. The quantitative estimate of drug-likeness (QED) is 0.766. The van der Waals surface area contributed by atoms with Gasteiger partial charge < -0.3 is 4.98 Å². The average Bonchev–Trinajstić information content (AvgIpc) is 2.55. The minimum Gasteiger partial charge on any atom is -0.339 e. The van der Waals surface area contributed by atoms with Gasteiger partial charge >= 0.3 is 0 Å². The molecule has 0 amide bonds. The fraction of sp³-hybridized carbons (Fsp3) is 0.222. The summed E-state index contributed by atoms with van der Waals surface area (Å²) in [5.74, 6) is 0.449. The van der Waals surface area contributed by atoms with E-state index < -0.39 is 4.33 Å². The van der Waals surface area contributed by atoms with Gasteiger partial charge in [-0.25, -0.2) is 4.98 Å². The van der Waals surface area contributed by atoms with E-state index in [2.05, 4.69) is 9.97 Å².